The van der Waals surface area contributed by atoms with Crippen molar-refractivity contribution in [3.05, 3.63) is 29.3 Å². The van der Waals surface area contributed by atoms with E-state index in [0.29, 0.717) is 6.04 Å². The number of nitrogens with two attached hydrogens (primary N) is 1. The maximum Gasteiger partial charge on any atom is 0.0403 e. The molecular formula is C14H21N3. The van der Waals surface area contributed by atoms with Gasteiger partial charge in [0.2, 0.25) is 0 Å². The highest BCUT2D eigenvalue weighted by Crippen LogP contribution is 2.30. The third kappa shape index (κ3) is 2.17. The average molecular weight is 231 g/mol. The molecule has 1 aromatic rings. The number of nitrogens with one attached hydrogen (secondary N) is 1. The zero-order valence-corrected chi connectivity index (χ0v) is 10.3. The second-order valence-electron chi connectivity index (χ2n) is 5.15. The minimum absolute atomic E-state index is 0.353. The Hall–Kier alpha value is -1.06. The van der Waals surface area contributed by atoms with E-state index >= 15 is 0 Å². The number of fused-ring (bicyclic) bond motifs is 1. The van der Waals surface area contributed by atoms with E-state index in [9.17, 15) is 0 Å². The number of benzene rings is 1. The van der Waals surface area contributed by atoms with E-state index in [-0.39, 0.29) is 0 Å². The number of hydrogen-bond donors (Lipinski definition) is 2. The lowest BCUT2D eigenvalue weighted by atomic mass is 9.87. The highest BCUT2D eigenvalue weighted by atomic mass is 15.2. The van der Waals surface area contributed by atoms with Gasteiger partial charge >= 0.3 is 0 Å². The van der Waals surface area contributed by atoms with Gasteiger partial charge in [-0.1, -0.05) is 12.1 Å². The molecule has 0 bridgehead atoms. The van der Waals surface area contributed by atoms with E-state index in [1.165, 1.54) is 16.8 Å². The lowest BCUT2D eigenvalue weighted by Gasteiger charge is -2.34. The van der Waals surface area contributed by atoms with Gasteiger partial charge in [-0.2, -0.15) is 0 Å². The summed E-state index contributed by atoms with van der Waals surface area (Å²) >= 11 is 0. The van der Waals surface area contributed by atoms with Crippen LogP contribution in [0, 0.1) is 0 Å². The molecule has 1 heterocycles. The zero-order chi connectivity index (χ0) is 11.7. The third-order valence-corrected chi connectivity index (χ3v) is 3.96. The second kappa shape index (κ2) is 4.67. The first kappa shape index (κ1) is 11.1. The molecule has 17 heavy (non-hydrogen) atoms. The first-order valence-corrected chi connectivity index (χ1v) is 6.66. The van der Waals surface area contributed by atoms with Crippen LogP contribution in [0.4, 0.5) is 5.69 Å². The van der Waals surface area contributed by atoms with Crippen molar-refractivity contribution in [2.75, 3.05) is 31.1 Å². The monoisotopic (exact) mass is 231 g/mol. The Morgan fingerprint density at radius 1 is 1.24 bits per heavy atom. The minimum Gasteiger partial charge on any atom is -0.369 e. The number of hydrogen-bond acceptors (Lipinski definition) is 3. The Labute approximate surface area is 103 Å². The fourth-order valence-electron chi connectivity index (χ4n) is 3.00. The fraction of sp³-hybridized carbons (Fsp3) is 0.571. The molecule has 1 fully saturated rings. The summed E-state index contributed by atoms with van der Waals surface area (Å²) in [6.07, 6.45) is 3.34. The highest BCUT2D eigenvalue weighted by Gasteiger charge is 2.21. The molecule has 92 valence electrons. The molecule has 1 unspecified atom stereocenters. The van der Waals surface area contributed by atoms with Crippen LogP contribution in [0.5, 0.6) is 0 Å². The molecular weight excluding hydrogens is 210 g/mol. The molecule has 0 saturated carbocycles. The van der Waals surface area contributed by atoms with Gasteiger partial charge in [0, 0.05) is 37.9 Å². The van der Waals surface area contributed by atoms with Crippen LogP contribution in [0.2, 0.25) is 0 Å². The van der Waals surface area contributed by atoms with Crippen LogP contribution in [-0.2, 0) is 12.8 Å². The van der Waals surface area contributed by atoms with Crippen molar-refractivity contribution < 1.29 is 0 Å². The van der Waals surface area contributed by atoms with Gasteiger partial charge in [0.1, 0.15) is 0 Å². The number of rotatable bonds is 1. The first-order chi connectivity index (χ1) is 8.34. The van der Waals surface area contributed by atoms with Crippen molar-refractivity contribution >= 4 is 5.69 Å². The molecule has 1 aliphatic carbocycles. The highest BCUT2D eigenvalue weighted by molar-refractivity contribution is 5.58. The van der Waals surface area contributed by atoms with Crippen molar-refractivity contribution in [3.63, 3.8) is 0 Å². The average Bonchev–Trinajstić information content (AvgIpc) is 2.39. The topological polar surface area (TPSA) is 41.3 Å². The summed E-state index contributed by atoms with van der Waals surface area (Å²) in [6, 6.07) is 7.09. The lowest BCUT2D eigenvalue weighted by molar-refractivity contribution is 0.562. The van der Waals surface area contributed by atoms with Gasteiger partial charge in [0.25, 0.3) is 0 Å². The van der Waals surface area contributed by atoms with Gasteiger partial charge in [-0.25, -0.2) is 0 Å². The van der Waals surface area contributed by atoms with Crippen molar-refractivity contribution in [1.29, 1.82) is 0 Å². The van der Waals surface area contributed by atoms with Gasteiger partial charge in [-0.15, -0.1) is 0 Å². The quantitative estimate of drug-likeness (QED) is 0.755. The van der Waals surface area contributed by atoms with E-state index in [4.69, 9.17) is 5.73 Å². The van der Waals surface area contributed by atoms with Crippen LogP contribution < -0.4 is 16.0 Å². The van der Waals surface area contributed by atoms with E-state index < -0.39 is 0 Å². The zero-order valence-electron chi connectivity index (χ0n) is 10.3. The number of aryl methyl sites for hydroxylation is 1. The van der Waals surface area contributed by atoms with Crippen LogP contribution in [-0.4, -0.2) is 32.2 Å². The van der Waals surface area contributed by atoms with E-state index in [0.717, 1.165) is 45.4 Å². The Bertz CT molecular complexity index is 396. The molecule has 3 heteroatoms. The smallest absolute Gasteiger partial charge is 0.0403 e. The van der Waals surface area contributed by atoms with E-state index in [1.54, 1.807) is 0 Å². The molecule has 1 saturated heterocycles. The molecule has 0 spiro atoms. The van der Waals surface area contributed by atoms with Gasteiger partial charge in [0.15, 0.2) is 0 Å². The van der Waals surface area contributed by atoms with Crippen LogP contribution in [0.3, 0.4) is 0 Å². The molecule has 1 aromatic carbocycles. The maximum atomic E-state index is 6.12. The van der Waals surface area contributed by atoms with Gasteiger partial charge in [0.05, 0.1) is 0 Å². The Morgan fingerprint density at radius 3 is 2.88 bits per heavy atom. The predicted molar refractivity (Wildman–Crippen MR) is 71.5 cm³/mol. The number of anilines is 1. The summed E-state index contributed by atoms with van der Waals surface area (Å²) in [5.41, 5.74) is 10.6. The normalized spacial score (nSPS) is 24.5. The second-order valence-corrected chi connectivity index (χ2v) is 5.15. The summed E-state index contributed by atoms with van der Waals surface area (Å²) in [5.74, 6) is 0. The van der Waals surface area contributed by atoms with E-state index in [2.05, 4.69) is 28.4 Å². The molecule has 1 atom stereocenters. The standard InChI is InChI=1S/C14H21N3/c15-12-5-4-11-2-1-3-14(13(11)10-12)17-8-6-16-7-9-17/h1-3,12,16H,4-10,15H2. The number of piperazine rings is 1. The number of nitrogens with zero attached hydrogens (tertiary/aromatic N) is 1. The molecule has 0 amide bonds. The molecule has 1 aliphatic heterocycles. The van der Waals surface area contributed by atoms with Crippen LogP contribution in [0.15, 0.2) is 18.2 Å². The lowest BCUT2D eigenvalue weighted by Crippen LogP contribution is -2.44. The first-order valence-electron chi connectivity index (χ1n) is 6.66. The molecule has 3 N–H and O–H groups in total. The maximum absolute atomic E-state index is 6.12. The van der Waals surface area contributed by atoms with Gasteiger partial charge in [-0.05, 0) is 36.5 Å². The SMILES string of the molecule is NC1CCc2cccc(N3CCNCC3)c2C1. The predicted octanol–water partition coefficient (Wildman–Crippen LogP) is 0.912. The summed E-state index contributed by atoms with van der Waals surface area (Å²) < 4.78 is 0. The summed E-state index contributed by atoms with van der Waals surface area (Å²) in [4.78, 5) is 2.51. The Balaban J connectivity index is 1.93. The van der Waals surface area contributed by atoms with Crippen LogP contribution in [0.25, 0.3) is 0 Å². The fourth-order valence-corrected chi connectivity index (χ4v) is 3.00. The summed E-state index contributed by atoms with van der Waals surface area (Å²) in [7, 11) is 0. The molecule has 3 rings (SSSR count). The van der Waals surface area contributed by atoms with Crippen molar-refractivity contribution in [2.24, 2.45) is 5.73 Å². The van der Waals surface area contributed by atoms with Gasteiger partial charge < -0.3 is 16.0 Å². The molecule has 0 aromatic heterocycles. The van der Waals surface area contributed by atoms with E-state index in [1.807, 2.05) is 0 Å². The van der Waals surface area contributed by atoms with Crippen molar-refractivity contribution in [2.45, 2.75) is 25.3 Å². The molecule has 2 aliphatic rings. The van der Waals surface area contributed by atoms with Crippen molar-refractivity contribution in [1.82, 2.24) is 5.32 Å². The van der Waals surface area contributed by atoms with Crippen LogP contribution in [0.1, 0.15) is 17.5 Å². The van der Waals surface area contributed by atoms with Crippen molar-refractivity contribution in [3.8, 4) is 0 Å². The van der Waals surface area contributed by atoms with Gasteiger partial charge in [-0.3, -0.25) is 0 Å². The third-order valence-electron chi connectivity index (χ3n) is 3.96. The summed E-state index contributed by atoms with van der Waals surface area (Å²) in [6.45, 7) is 4.42. The molecule has 3 nitrogen and oxygen atoms in total. The largest absolute Gasteiger partial charge is 0.369 e. The Morgan fingerprint density at radius 2 is 2.06 bits per heavy atom. The van der Waals surface area contributed by atoms with Crippen LogP contribution >= 0.6 is 0 Å². The Kier molecular flexibility index (Phi) is 3.04. The minimum atomic E-state index is 0.353. The molecule has 0 radical (unpaired) electrons. The summed E-state index contributed by atoms with van der Waals surface area (Å²) in [5, 5.41) is 3.41.